The normalized spacial score (nSPS) is 10.6. The van der Waals surface area contributed by atoms with Crippen molar-refractivity contribution in [3.63, 3.8) is 0 Å². The van der Waals surface area contributed by atoms with Gasteiger partial charge >= 0.3 is 0 Å². The molecule has 0 aliphatic rings. The van der Waals surface area contributed by atoms with Gasteiger partial charge < -0.3 is 9.80 Å². The molecular weight excluding hydrogens is 337 g/mol. The number of rotatable bonds is 4. The predicted octanol–water partition coefficient (Wildman–Crippen LogP) is 4.29. The van der Waals surface area contributed by atoms with Crippen LogP contribution in [0.4, 0.5) is 15.9 Å². The van der Waals surface area contributed by atoms with Crippen LogP contribution in [0.25, 0.3) is 10.4 Å². The number of benzene rings is 1. The molecule has 0 saturated carbocycles. The first kappa shape index (κ1) is 17.1. The molecule has 0 bridgehead atoms. The topological polar surface area (TPSA) is 36.4 Å². The minimum absolute atomic E-state index is 0.102. The van der Waals surface area contributed by atoms with Gasteiger partial charge in [-0.2, -0.15) is 0 Å². The Morgan fingerprint density at radius 1 is 1.04 bits per heavy atom. The zero-order valence-corrected chi connectivity index (χ0v) is 15.0. The van der Waals surface area contributed by atoms with Gasteiger partial charge in [-0.3, -0.25) is 4.79 Å². The van der Waals surface area contributed by atoms with Crippen molar-refractivity contribution in [1.29, 1.82) is 0 Å². The monoisotopic (exact) mass is 355 g/mol. The van der Waals surface area contributed by atoms with E-state index in [0.717, 1.165) is 21.9 Å². The van der Waals surface area contributed by atoms with Gasteiger partial charge in [-0.25, -0.2) is 9.37 Å². The number of hydrogen-bond donors (Lipinski definition) is 0. The van der Waals surface area contributed by atoms with Crippen LogP contribution in [0.1, 0.15) is 9.67 Å². The molecule has 0 radical (unpaired) electrons. The van der Waals surface area contributed by atoms with Gasteiger partial charge in [0.25, 0.3) is 5.91 Å². The highest BCUT2D eigenvalue weighted by atomic mass is 32.1. The summed E-state index contributed by atoms with van der Waals surface area (Å²) in [7, 11) is 5.52. The molecule has 1 amide bonds. The summed E-state index contributed by atoms with van der Waals surface area (Å²) in [5.41, 5.74) is 1.64. The number of thiophene rings is 1. The molecule has 2 heterocycles. The first-order valence-electron chi connectivity index (χ1n) is 7.73. The molecule has 6 heteroatoms. The quantitative estimate of drug-likeness (QED) is 0.700. The second-order valence-corrected chi connectivity index (χ2v) is 6.86. The molecule has 0 spiro atoms. The van der Waals surface area contributed by atoms with Gasteiger partial charge in [0, 0.05) is 32.2 Å². The average molecular weight is 355 g/mol. The third kappa shape index (κ3) is 3.53. The van der Waals surface area contributed by atoms with E-state index in [1.807, 2.05) is 37.2 Å². The van der Waals surface area contributed by atoms with Gasteiger partial charge in [-0.1, -0.05) is 12.1 Å². The summed E-state index contributed by atoms with van der Waals surface area (Å²) in [6.07, 6.45) is 1.70. The van der Waals surface area contributed by atoms with Gasteiger partial charge in [0.2, 0.25) is 0 Å². The summed E-state index contributed by atoms with van der Waals surface area (Å²) in [6, 6.07) is 13.6. The van der Waals surface area contributed by atoms with E-state index < -0.39 is 0 Å². The van der Waals surface area contributed by atoms with Crippen molar-refractivity contribution in [3.8, 4) is 10.4 Å². The Morgan fingerprint density at radius 2 is 1.76 bits per heavy atom. The molecule has 0 aliphatic carbocycles. The summed E-state index contributed by atoms with van der Waals surface area (Å²) in [6.45, 7) is 0. The number of carbonyl (C=O) groups excluding carboxylic acids is 1. The van der Waals surface area contributed by atoms with Crippen molar-refractivity contribution >= 4 is 28.7 Å². The van der Waals surface area contributed by atoms with Crippen LogP contribution in [-0.4, -0.2) is 32.0 Å². The molecule has 128 valence electrons. The van der Waals surface area contributed by atoms with Crippen molar-refractivity contribution < 1.29 is 9.18 Å². The summed E-state index contributed by atoms with van der Waals surface area (Å²) in [5.74, 6) is 0.354. The maximum atomic E-state index is 13.1. The molecular formula is C19H18FN3OS. The lowest BCUT2D eigenvalue weighted by atomic mass is 10.2. The first-order chi connectivity index (χ1) is 12.0. The highest BCUT2D eigenvalue weighted by molar-refractivity contribution is 7.17. The van der Waals surface area contributed by atoms with Crippen LogP contribution in [-0.2, 0) is 0 Å². The van der Waals surface area contributed by atoms with Gasteiger partial charge in [0.05, 0.1) is 10.6 Å². The number of aromatic nitrogens is 1. The van der Waals surface area contributed by atoms with Gasteiger partial charge in [-0.15, -0.1) is 11.3 Å². The Bertz CT molecular complexity index is 890. The second-order valence-electron chi connectivity index (χ2n) is 5.78. The Kier molecular flexibility index (Phi) is 4.81. The molecule has 1 aromatic carbocycles. The Morgan fingerprint density at radius 3 is 2.44 bits per heavy atom. The van der Waals surface area contributed by atoms with E-state index in [0.29, 0.717) is 4.88 Å². The zero-order valence-electron chi connectivity index (χ0n) is 14.2. The Balaban J connectivity index is 1.88. The third-order valence-corrected chi connectivity index (χ3v) is 4.92. The van der Waals surface area contributed by atoms with Crippen LogP contribution in [0.2, 0.25) is 0 Å². The summed E-state index contributed by atoms with van der Waals surface area (Å²) < 4.78 is 13.1. The number of amides is 1. The minimum Gasteiger partial charge on any atom is -0.361 e. The molecule has 4 nitrogen and oxygen atoms in total. The SMILES string of the molecule is CN(C)c1ncccc1N(C)C(=O)c1ccc(-c2ccc(F)cc2)s1. The van der Waals surface area contributed by atoms with E-state index in [-0.39, 0.29) is 11.7 Å². The highest BCUT2D eigenvalue weighted by Crippen LogP contribution is 2.31. The smallest absolute Gasteiger partial charge is 0.268 e. The molecule has 0 saturated heterocycles. The minimum atomic E-state index is -0.274. The van der Waals surface area contributed by atoms with Crippen LogP contribution in [0.5, 0.6) is 0 Å². The molecule has 0 aliphatic heterocycles. The van der Waals surface area contributed by atoms with Crippen molar-refractivity contribution in [3.05, 3.63) is 65.4 Å². The molecule has 0 unspecified atom stereocenters. The fraction of sp³-hybridized carbons (Fsp3) is 0.158. The summed E-state index contributed by atoms with van der Waals surface area (Å²) >= 11 is 1.39. The zero-order chi connectivity index (χ0) is 18.0. The van der Waals surface area contributed by atoms with E-state index in [1.165, 1.54) is 23.5 Å². The standard InChI is InChI=1S/C19H18FN3OS/c1-22(2)18-15(5-4-12-21-18)23(3)19(24)17-11-10-16(25-17)13-6-8-14(20)9-7-13/h4-12H,1-3H3. The van der Waals surface area contributed by atoms with E-state index >= 15 is 0 Å². The van der Waals surface area contributed by atoms with E-state index in [2.05, 4.69) is 4.98 Å². The van der Waals surface area contributed by atoms with Crippen molar-refractivity contribution in [2.24, 2.45) is 0 Å². The highest BCUT2D eigenvalue weighted by Gasteiger charge is 2.19. The molecule has 0 atom stereocenters. The lowest BCUT2D eigenvalue weighted by Gasteiger charge is -2.22. The molecule has 25 heavy (non-hydrogen) atoms. The van der Waals surface area contributed by atoms with E-state index in [1.54, 1.807) is 36.3 Å². The molecule has 2 aromatic heterocycles. The predicted molar refractivity (Wildman–Crippen MR) is 101 cm³/mol. The van der Waals surface area contributed by atoms with Crippen LogP contribution in [0.3, 0.4) is 0 Å². The number of nitrogens with zero attached hydrogens (tertiary/aromatic N) is 3. The van der Waals surface area contributed by atoms with E-state index in [4.69, 9.17) is 0 Å². The van der Waals surface area contributed by atoms with Crippen LogP contribution < -0.4 is 9.80 Å². The summed E-state index contributed by atoms with van der Waals surface area (Å²) in [4.78, 5) is 22.2. The largest absolute Gasteiger partial charge is 0.361 e. The maximum absolute atomic E-state index is 13.1. The summed E-state index contributed by atoms with van der Waals surface area (Å²) in [5, 5.41) is 0. The second kappa shape index (κ2) is 7.03. The van der Waals surface area contributed by atoms with Crippen molar-refractivity contribution in [2.45, 2.75) is 0 Å². The number of hydrogen-bond acceptors (Lipinski definition) is 4. The van der Waals surface area contributed by atoms with Crippen molar-refractivity contribution in [1.82, 2.24) is 4.98 Å². The van der Waals surface area contributed by atoms with Crippen LogP contribution >= 0.6 is 11.3 Å². The third-order valence-electron chi connectivity index (χ3n) is 3.80. The lowest BCUT2D eigenvalue weighted by Crippen LogP contribution is -2.27. The molecule has 3 aromatic rings. The fourth-order valence-electron chi connectivity index (χ4n) is 2.49. The first-order valence-corrected chi connectivity index (χ1v) is 8.55. The fourth-order valence-corrected chi connectivity index (χ4v) is 3.48. The lowest BCUT2D eigenvalue weighted by molar-refractivity contribution is 0.0997. The number of pyridine rings is 1. The average Bonchev–Trinajstić information content (AvgIpc) is 3.11. The number of anilines is 2. The van der Waals surface area contributed by atoms with E-state index in [9.17, 15) is 9.18 Å². The molecule has 3 rings (SSSR count). The molecule has 0 N–H and O–H groups in total. The van der Waals surface area contributed by atoms with Gasteiger partial charge in [0.15, 0.2) is 5.82 Å². The number of halogens is 1. The van der Waals surface area contributed by atoms with Gasteiger partial charge in [-0.05, 0) is 42.0 Å². The van der Waals surface area contributed by atoms with Gasteiger partial charge in [0.1, 0.15) is 5.82 Å². The number of carbonyl (C=O) groups is 1. The molecule has 0 fully saturated rings. The van der Waals surface area contributed by atoms with Crippen LogP contribution in [0, 0.1) is 5.82 Å². The Labute approximate surface area is 150 Å². The maximum Gasteiger partial charge on any atom is 0.268 e. The van der Waals surface area contributed by atoms with Crippen molar-refractivity contribution in [2.75, 3.05) is 30.9 Å². The Hall–Kier alpha value is -2.73. The van der Waals surface area contributed by atoms with Crippen LogP contribution in [0.15, 0.2) is 54.7 Å².